The predicted octanol–water partition coefficient (Wildman–Crippen LogP) is 4.24. The summed E-state index contributed by atoms with van der Waals surface area (Å²) in [6.07, 6.45) is 1.72. The Morgan fingerprint density at radius 3 is 2.88 bits per heavy atom. The Kier molecular flexibility index (Phi) is 4.33. The molecule has 0 fully saturated rings. The van der Waals surface area contributed by atoms with Gasteiger partial charge in [0.1, 0.15) is 16.5 Å². The molecule has 3 aromatic heterocycles. The third-order valence-electron chi connectivity index (χ3n) is 3.91. The van der Waals surface area contributed by atoms with Gasteiger partial charge in [0.05, 0.1) is 10.6 Å². The van der Waals surface area contributed by atoms with E-state index in [1.807, 2.05) is 19.2 Å². The molecule has 4 rings (SSSR count). The SMILES string of the molecule is Cn1c(SCc2cc(F)ccc2F)nnc1-c1sc2ncccc2c1N. The maximum Gasteiger partial charge on any atom is 0.191 e. The number of thiophene rings is 1. The van der Waals surface area contributed by atoms with Gasteiger partial charge in [-0.3, -0.25) is 0 Å². The van der Waals surface area contributed by atoms with Crippen molar-refractivity contribution in [2.75, 3.05) is 5.73 Å². The maximum atomic E-state index is 13.8. The summed E-state index contributed by atoms with van der Waals surface area (Å²) in [6, 6.07) is 7.16. The number of fused-ring (bicyclic) bond motifs is 1. The fraction of sp³-hybridized carbons (Fsp3) is 0.118. The highest BCUT2D eigenvalue weighted by molar-refractivity contribution is 7.98. The number of halogens is 2. The summed E-state index contributed by atoms with van der Waals surface area (Å²) in [7, 11) is 1.82. The van der Waals surface area contributed by atoms with Crippen LogP contribution in [0.5, 0.6) is 0 Å². The maximum absolute atomic E-state index is 13.8. The van der Waals surface area contributed by atoms with E-state index in [2.05, 4.69) is 15.2 Å². The first-order chi connectivity index (χ1) is 12.5. The molecule has 0 bridgehead atoms. The molecule has 26 heavy (non-hydrogen) atoms. The van der Waals surface area contributed by atoms with Crippen molar-refractivity contribution in [3.63, 3.8) is 0 Å². The molecule has 4 aromatic rings. The number of aromatic nitrogens is 4. The standard InChI is InChI=1S/C17H13F2N5S2/c1-24-15(14-13(20)11-3-2-6-21-16(11)26-14)22-23-17(24)25-8-9-7-10(18)4-5-12(9)19/h2-7H,8,20H2,1H3. The van der Waals surface area contributed by atoms with Gasteiger partial charge in [-0.15, -0.1) is 21.5 Å². The summed E-state index contributed by atoms with van der Waals surface area (Å²) in [5.74, 6) is -0.0426. The second kappa shape index (κ2) is 6.65. The van der Waals surface area contributed by atoms with E-state index in [1.54, 1.807) is 10.8 Å². The molecule has 1 aromatic carbocycles. The van der Waals surface area contributed by atoms with Crippen LogP contribution in [0.2, 0.25) is 0 Å². The summed E-state index contributed by atoms with van der Waals surface area (Å²) >= 11 is 2.73. The second-order valence-corrected chi connectivity index (χ2v) is 7.53. The van der Waals surface area contributed by atoms with Crippen molar-refractivity contribution in [2.24, 2.45) is 7.05 Å². The number of rotatable bonds is 4. The molecule has 0 aliphatic carbocycles. The van der Waals surface area contributed by atoms with E-state index in [4.69, 9.17) is 5.73 Å². The van der Waals surface area contributed by atoms with Gasteiger partial charge in [0.15, 0.2) is 11.0 Å². The molecule has 0 radical (unpaired) electrons. The van der Waals surface area contributed by atoms with Crippen LogP contribution in [0.4, 0.5) is 14.5 Å². The summed E-state index contributed by atoms with van der Waals surface area (Å²) < 4.78 is 28.9. The third kappa shape index (κ3) is 2.93. The van der Waals surface area contributed by atoms with Gasteiger partial charge in [0.25, 0.3) is 0 Å². The smallest absolute Gasteiger partial charge is 0.191 e. The minimum atomic E-state index is -0.466. The predicted molar refractivity (Wildman–Crippen MR) is 99.9 cm³/mol. The minimum absolute atomic E-state index is 0.249. The first-order valence-electron chi connectivity index (χ1n) is 7.64. The van der Waals surface area contributed by atoms with Gasteiger partial charge < -0.3 is 10.3 Å². The molecular formula is C17H13F2N5S2. The highest BCUT2D eigenvalue weighted by atomic mass is 32.2. The molecule has 5 nitrogen and oxygen atoms in total. The van der Waals surface area contributed by atoms with Crippen LogP contribution in [0.25, 0.3) is 20.9 Å². The van der Waals surface area contributed by atoms with E-state index < -0.39 is 11.6 Å². The highest BCUT2D eigenvalue weighted by Gasteiger charge is 2.19. The summed E-state index contributed by atoms with van der Waals surface area (Å²) in [5, 5.41) is 9.85. The van der Waals surface area contributed by atoms with Crippen molar-refractivity contribution >= 4 is 39.0 Å². The van der Waals surface area contributed by atoms with Gasteiger partial charge in [0, 0.05) is 29.9 Å². The number of hydrogen-bond acceptors (Lipinski definition) is 6. The van der Waals surface area contributed by atoms with Gasteiger partial charge in [-0.1, -0.05) is 11.8 Å². The summed E-state index contributed by atoms with van der Waals surface area (Å²) in [4.78, 5) is 5.94. The summed E-state index contributed by atoms with van der Waals surface area (Å²) in [6.45, 7) is 0. The molecular weight excluding hydrogens is 376 g/mol. The van der Waals surface area contributed by atoms with E-state index in [-0.39, 0.29) is 11.3 Å². The van der Waals surface area contributed by atoms with Crippen LogP contribution >= 0.6 is 23.1 Å². The Morgan fingerprint density at radius 2 is 2.08 bits per heavy atom. The zero-order valence-electron chi connectivity index (χ0n) is 13.6. The number of benzene rings is 1. The Bertz CT molecular complexity index is 1110. The van der Waals surface area contributed by atoms with E-state index in [0.29, 0.717) is 16.7 Å². The van der Waals surface area contributed by atoms with Crippen LogP contribution in [-0.4, -0.2) is 19.7 Å². The van der Waals surface area contributed by atoms with Gasteiger partial charge in [-0.25, -0.2) is 13.8 Å². The molecule has 2 N–H and O–H groups in total. The van der Waals surface area contributed by atoms with Gasteiger partial charge in [-0.2, -0.15) is 0 Å². The zero-order chi connectivity index (χ0) is 18.3. The number of anilines is 1. The topological polar surface area (TPSA) is 69.6 Å². The van der Waals surface area contributed by atoms with Gasteiger partial charge in [-0.05, 0) is 30.3 Å². The van der Waals surface area contributed by atoms with Crippen LogP contribution in [0.1, 0.15) is 5.56 Å². The normalized spacial score (nSPS) is 11.3. The number of thioether (sulfide) groups is 1. The van der Waals surface area contributed by atoms with Crippen molar-refractivity contribution in [3.8, 4) is 10.7 Å². The molecule has 132 valence electrons. The molecule has 0 spiro atoms. The van der Waals surface area contributed by atoms with E-state index >= 15 is 0 Å². The Hall–Kier alpha value is -2.52. The average Bonchev–Trinajstić information content (AvgIpc) is 3.16. The first kappa shape index (κ1) is 16.9. The molecule has 0 atom stereocenters. The third-order valence-corrected chi connectivity index (χ3v) is 6.10. The number of nitrogens with zero attached hydrogens (tertiary/aromatic N) is 4. The average molecular weight is 389 g/mol. The minimum Gasteiger partial charge on any atom is -0.397 e. The molecule has 0 saturated heterocycles. The van der Waals surface area contributed by atoms with Crippen LogP contribution in [-0.2, 0) is 12.8 Å². The lowest BCUT2D eigenvalue weighted by Gasteiger charge is -2.04. The van der Waals surface area contributed by atoms with E-state index in [9.17, 15) is 8.78 Å². The van der Waals surface area contributed by atoms with Crippen molar-refractivity contribution in [1.82, 2.24) is 19.7 Å². The second-order valence-electron chi connectivity index (χ2n) is 5.59. The number of pyridine rings is 1. The highest BCUT2D eigenvalue weighted by Crippen LogP contribution is 2.39. The molecule has 0 amide bonds. The Labute approximate surface area is 155 Å². The fourth-order valence-corrected chi connectivity index (χ4v) is 4.52. The number of hydrogen-bond donors (Lipinski definition) is 1. The molecule has 0 unspecified atom stereocenters. The van der Waals surface area contributed by atoms with Crippen LogP contribution < -0.4 is 5.73 Å². The quantitative estimate of drug-likeness (QED) is 0.529. The van der Waals surface area contributed by atoms with Crippen molar-refractivity contribution in [3.05, 3.63) is 53.7 Å². The number of nitrogen functional groups attached to an aromatic ring is 1. The number of nitrogens with two attached hydrogens (primary N) is 1. The molecule has 0 aliphatic heterocycles. The van der Waals surface area contributed by atoms with E-state index in [0.717, 1.165) is 27.2 Å². The Morgan fingerprint density at radius 1 is 1.23 bits per heavy atom. The van der Waals surface area contributed by atoms with Crippen molar-refractivity contribution < 1.29 is 8.78 Å². The summed E-state index contributed by atoms with van der Waals surface area (Å²) in [5.41, 5.74) is 7.14. The van der Waals surface area contributed by atoms with Crippen molar-refractivity contribution in [1.29, 1.82) is 0 Å². The lowest BCUT2D eigenvalue weighted by atomic mass is 10.2. The zero-order valence-corrected chi connectivity index (χ0v) is 15.2. The molecule has 3 heterocycles. The van der Waals surface area contributed by atoms with Crippen molar-refractivity contribution in [2.45, 2.75) is 10.9 Å². The molecule has 9 heteroatoms. The first-order valence-corrected chi connectivity index (χ1v) is 9.44. The lowest BCUT2D eigenvalue weighted by Crippen LogP contribution is -1.96. The molecule has 0 aliphatic rings. The fourth-order valence-electron chi connectivity index (χ4n) is 2.55. The van der Waals surface area contributed by atoms with Gasteiger partial charge >= 0.3 is 0 Å². The monoisotopic (exact) mass is 389 g/mol. The molecule has 0 saturated carbocycles. The van der Waals surface area contributed by atoms with Crippen LogP contribution in [0.3, 0.4) is 0 Å². The lowest BCUT2D eigenvalue weighted by molar-refractivity contribution is 0.591. The van der Waals surface area contributed by atoms with Crippen LogP contribution in [0, 0.1) is 11.6 Å². The van der Waals surface area contributed by atoms with E-state index in [1.165, 1.54) is 29.2 Å². The van der Waals surface area contributed by atoms with Gasteiger partial charge in [0.2, 0.25) is 0 Å². The Balaban J connectivity index is 1.64. The van der Waals surface area contributed by atoms with Crippen LogP contribution in [0.15, 0.2) is 41.7 Å². The largest absolute Gasteiger partial charge is 0.397 e.